The van der Waals surface area contributed by atoms with Crippen LogP contribution in [0.5, 0.6) is 0 Å². The van der Waals surface area contributed by atoms with E-state index in [1.165, 1.54) is 29.5 Å². The minimum atomic E-state index is -0.562. The summed E-state index contributed by atoms with van der Waals surface area (Å²) in [4.78, 5) is 0.808. The van der Waals surface area contributed by atoms with Crippen molar-refractivity contribution in [2.24, 2.45) is 5.73 Å². The number of thiophene rings is 1. The minimum absolute atomic E-state index is 0.288. The van der Waals surface area contributed by atoms with Crippen molar-refractivity contribution in [3.63, 3.8) is 0 Å². The van der Waals surface area contributed by atoms with Crippen LogP contribution in [0.4, 0.5) is 8.78 Å². The second kappa shape index (κ2) is 5.24. The molecule has 1 aromatic heterocycles. The molecule has 0 fully saturated rings. The van der Waals surface area contributed by atoms with Gasteiger partial charge in [0.15, 0.2) is 0 Å². The molecule has 0 radical (unpaired) electrons. The second-order valence-electron chi connectivity index (χ2n) is 4.47. The average molecular weight is 354 g/mol. The number of halogens is 3. The average Bonchev–Trinajstić information content (AvgIpc) is 2.83. The van der Waals surface area contributed by atoms with Gasteiger partial charge in [0, 0.05) is 19.6 Å². The van der Waals surface area contributed by atoms with Gasteiger partial charge in [-0.1, -0.05) is 15.9 Å². The molecule has 1 unspecified atom stereocenters. The van der Waals surface area contributed by atoms with Gasteiger partial charge < -0.3 is 5.73 Å². The topological polar surface area (TPSA) is 26.0 Å². The minimum Gasteiger partial charge on any atom is -0.320 e. The Morgan fingerprint density at radius 1 is 1.05 bits per heavy atom. The number of hydrogen-bond donors (Lipinski definition) is 1. The van der Waals surface area contributed by atoms with Crippen molar-refractivity contribution < 1.29 is 8.78 Å². The van der Waals surface area contributed by atoms with Gasteiger partial charge in [-0.15, -0.1) is 11.3 Å². The van der Waals surface area contributed by atoms with Crippen LogP contribution in [0.2, 0.25) is 0 Å². The number of rotatable bonds is 2. The van der Waals surface area contributed by atoms with E-state index in [1.807, 2.05) is 6.07 Å². The van der Waals surface area contributed by atoms with Gasteiger partial charge in [-0.05, 0) is 47.9 Å². The molecule has 0 aliphatic heterocycles. The van der Waals surface area contributed by atoms with Crippen LogP contribution in [-0.4, -0.2) is 0 Å². The van der Waals surface area contributed by atoms with E-state index in [2.05, 4.69) is 15.9 Å². The number of benzene rings is 2. The van der Waals surface area contributed by atoms with Gasteiger partial charge in [0.05, 0.1) is 6.04 Å². The molecular weight excluding hydrogens is 344 g/mol. The van der Waals surface area contributed by atoms with Crippen molar-refractivity contribution in [2.45, 2.75) is 6.04 Å². The van der Waals surface area contributed by atoms with E-state index in [1.54, 1.807) is 18.2 Å². The number of fused-ring (bicyclic) bond motifs is 1. The molecule has 0 saturated carbocycles. The Bertz CT molecular complexity index is 785. The standard InChI is InChI=1S/C15H10BrF2NS/c16-9-1-3-12(18)11(7-9)15(19)14-6-8-5-10(17)2-4-13(8)20-14/h1-7,15H,19H2. The summed E-state index contributed by atoms with van der Waals surface area (Å²) in [6, 6.07) is 10.5. The Balaban J connectivity index is 2.07. The Kier molecular flexibility index (Phi) is 3.58. The third-order valence-corrected chi connectivity index (χ3v) is 4.79. The van der Waals surface area contributed by atoms with Crippen molar-refractivity contribution >= 4 is 37.4 Å². The molecule has 2 aromatic carbocycles. The molecule has 3 aromatic rings. The highest BCUT2D eigenvalue weighted by molar-refractivity contribution is 9.10. The molecule has 1 nitrogen and oxygen atoms in total. The van der Waals surface area contributed by atoms with E-state index in [0.717, 1.165) is 19.4 Å². The molecule has 3 rings (SSSR count). The van der Waals surface area contributed by atoms with Crippen molar-refractivity contribution in [1.29, 1.82) is 0 Å². The molecule has 0 aliphatic rings. The summed E-state index contributed by atoms with van der Waals surface area (Å²) in [5, 5.41) is 0.788. The smallest absolute Gasteiger partial charge is 0.128 e. The Morgan fingerprint density at radius 3 is 2.65 bits per heavy atom. The van der Waals surface area contributed by atoms with Crippen molar-refractivity contribution in [1.82, 2.24) is 0 Å². The lowest BCUT2D eigenvalue weighted by molar-refractivity contribution is 0.600. The fourth-order valence-electron chi connectivity index (χ4n) is 2.09. The van der Waals surface area contributed by atoms with Gasteiger partial charge in [-0.25, -0.2) is 8.78 Å². The maximum Gasteiger partial charge on any atom is 0.128 e. The van der Waals surface area contributed by atoms with Crippen LogP contribution in [0.3, 0.4) is 0 Å². The molecule has 0 spiro atoms. The predicted molar refractivity (Wildman–Crippen MR) is 81.9 cm³/mol. The second-order valence-corrected chi connectivity index (χ2v) is 6.51. The van der Waals surface area contributed by atoms with E-state index in [-0.39, 0.29) is 11.6 Å². The van der Waals surface area contributed by atoms with Crippen LogP contribution < -0.4 is 5.73 Å². The molecule has 0 amide bonds. The summed E-state index contributed by atoms with van der Waals surface area (Å²) >= 11 is 4.76. The van der Waals surface area contributed by atoms with Gasteiger partial charge >= 0.3 is 0 Å². The van der Waals surface area contributed by atoms with Crippen LogP contribution >= 0.6 is 27.3 Å². The zero-order valence-corrected chi connectivity index (χ0v) is 12.6. The first-order valence-electron chi connectivity index (χ1n) is 5.94. The highest BCUT2D eigenvalue weighted by Gasteiger charge is 2.16. The first-order chi connectivity index (χ1) is 9.54. The van der Waals surface area contributed by atoms with Gasteiger partial charge in [-0.3, -0.25) is 0 Å². The zero-order valence-electron chi connectivity index (χ0n) is 10.2. The van der Waals surface area contributed by atoms with Gasteiger partial charge in [0.2, 0.25) is 0 Å². The van der Waals surface area contributed by atoms with Gasteiger partial charge in [0.1, 0.15) is 11.6 Å². The highest BCUT2D eigenvalue weighted by Crippen LogP contribution is 2.33. The number of hydrogen-bond acceptors (Lipinski definition) is 2. The summed E-state index contributed by atoms with van der Waals surface area (Å²) in [5.74, 6) is -0.631. The van der Waals surface area contributed by atoms with Crippen LogP contribution in [0.15, 0.2) is 46.9 Å². The van der Waals surface area contributed by atoms with Crippen molar-refractivity contribution in [3.8, 4) is 0 Å². The first-order valence-corrected chi connectivity index (χ1v) is 7.55. The Hall–Kier alpha value is -1.30. The third kappa shape index (κ3) is 2.49. The third-order valence-electron chi connectivity index (χ3n) is 3.10. The fraction of sp³-hybridized carbons (Fsp3) is 0.0667. The van der Waals surface area contributed by atoms with E-state index in [9.17, 15) is 8.78 Å². The molecule has 1 heterocycles. The van der Waals surface area contributed by atoms with Crippen LogP contribution in [0.25, 0.3) is 10.1 Å². The highest BCUT2D eigenvalue weighted by atomic mass is 79.9. The molecule has 20 heavy (non-hydrogen) atoms. The number of nitrogens with two attached hydrogens (primary N) is 1. The molecule has 5 heteroatoms. The summed E-state index contributed by atoms with van der Waals surface area (Å²) < 4.78 is 28.8. The van der Waals surface area contributed by atoms with Crippen molar-refractivity contribution in [2.75, 3.05) is 0 Å². The molecule has 0 aliphatic carbocycles. The SMILES string of the molecule is NC(c1cc2cc(F)ccc2s1)c1cc(Br)ccc1F. The molecule has 2 N–H and O–H groups in total. The summed E-state index contributed by atoms with van der Waals surface area (Å²) in [6.45, 7) is 0. The summed E-state index contributed by atoms with van der Waals surface area (Å²) in [6.07, 6.45) is 0. The van der Waals surface area contributed by atoms with E-state index in [4.69, 9.17) is 5.73 Å². The van der Waals surface area contributed by atoms with Gasteiger partial charge in [0.25, 0.3) is 0 Å². The Labute approximate surface area is 127 Å². The predicted octanol–water partition coefficient (Wildman–Crippen LogP) is 4.99. The Morgan fingerprint density at radius 2 is 1.85 bits per heavy atom. The fourth-order valence-corrected chi connectivity index (χ4v) is 3.54. The van der Waals surface area contributed by atoms with Crippen LogP contribution in [0.1, 0.15) is 16.5 Å². The lowest BCUT2D eigenvalue weighted by atomic mass is 10.1. The maximum absolute atomic E-state index is 13.9. The first kappa shape index (κ1) is 13.7. The monoisotopic (exact) mass is 353 g/mol. The van der Waals surface area contributed by atoms with E-state index < -0.39 is 6.04 Å². The summed E-state index contributed by atoms with van der Waals surface area (Å²) in [7, 11) is 0. The lowest BCUT2D eigenvalue weighted by Gasteiger charge is -2.11. The van der Waals surface area contributed by atoms with E-state index >= 15 is 0 Å². The molecule has 0 saturated heterocycles. The molecule has 102 valence electrons. The largest absolute Gasteiger partial charge is 0.320 e. The molecule has 0 bridgehead atoms. The molecular formula is C15H10BrF2NS. The quantitative estimate of drug-likeness (QED) is 0.689. The zero-order chi connectivity index (χ0) is 14.3. The lowest BCUT2D eigenvalue weighted by Crippen LogP contribution is -2.12. The van der Waals surface area contributed by atoms with E-state index in [0.29, 0.717) is 5.56 Å². The maximum atomic E-state index is 13.9. The van der Waals surface area contributed by atoms with Crippen LogP contribution in [-0.2, 0) is 0 Å². The van der Waals surface area contributed by atoms with Crippen LogP contribution in [0, 0.1) is 11.6 Å². The van der Waals surface area contributed by atoms with Crippen molar-refractivity contribution in [3.05, 3.63) is 69.0 Å². The van der Waals surface area contributed by atoms with Gasteiger partial charge in [-0.2, -0.15) is 0 Å². The normalized spacial score (nSPS) is 12.8. The molecule has 1 atom stereocenters. The summed E-state index contributed by atoms with van der Waals surface area (Å²) in [5.41, 5.74) is 6.57.